The van der Waals surface area contributed by atoms with Gasteiger partial charge in [0.05, 0.1) is 0 Å². The van der Waals surface area contributed by atoms with E-state index in [1.807, 2.05) is 24.3 Å². The molecule has 0 saturated carbocycles. The SMILES string of the molecule is O=C(O)C(Cl)Cc1ccc(CCCO)cc1. The number of aliphatic carboxylic acids is 1. The summed E-state index contributed by atoms with van der Waals surface area (Å²) in [5.74, 6) is -0.994. The van der Waals surface area contributed by atoms with Crippen molar-refractivity contribution in [3.05, 3.63) is 35.4 Å². The van der Waals surface area contributed by atoms with Crippen LogP contribution in [0, 0.1) is 0 Å². The van der Waals surface area contributed by atoms with Gasteiger partial charge in [-0.25, -0.2) is 0 Å². The zero-order chi connectivity index (χ0) is 12.0. The Morgan fingerprint density at radius 1 is 1.25 bits per heavy atom. The molecule has 1 unspecified atom stereocenters. The second-order valence-corrected chi connectivity index (χ2v) is 4.18. The van der Waals surface area contributed by atoms with E-state index in [4.69, 9.17) is 21.8 Å². The van der Waals surface area contributed by atoms with Crippen molar-refractivity contribution in [1.82, 2.24) is 0 Å². The topological polar surface area (TPSA) is 57.5 Å². The number of aryl methyl sites for hydroxylation is 1. The van der Waals surface area contributed by atoms with E-state index in [1.165, 1.54) is 0 Å². The summed E-state index contributed by atoms with van der Waals surface area (Å²) in [5, 5.41) is 16.5. The quantitative estimate of drug-likeness (QED) is 0.749. The fraction of sp³-hybridized carbons (Fsp3) is 0.417. The first-order valence-corrected chi connectivity index (χ1v) is 5.62. The number of benzene rings is 1. The number of hydrogen-bond donors (Lipinski definition) is 2. The van der Waals surface area contributed by atoms with Crippen LogP contribution in [0.5, 0.6) is 0 Å². The number of carboxylic acids is 1. The van der Waals surface area contributed by atoms with Gasteiger partial charge in [-0.3, -0.25) is 4.79 Å². The van der Waals surface area contributed by atoms with Crippen molar-refractivity contribution in [2.75, 3.05) is 6.61 Å². The summed E-state index contributed by atoms with van der Waals surface area (Å²) in [6.45, 7) is 0.185. The van der Waals surface area contributed by atoms with Crippen LogP contribution in [0.1, 0.15) is 17.5 Å². The number of hydrogen-bond acceptors (Lipinski definition) is 2. The van der Waals surface area contributed by atoms with Crippen LogP contribution in [0.2, 0.25) is 0 Å². The molecule has 0 radical (unpaired) electrons. The van der Waals surface area contributed by atoms with Crippen molar-refractivity contribution in [3.8, 4) is 0 Å². The van der Waals surface area contributed by atoms with Crippen LogP contribution in [0.15, 0.2) is 24.3 Å². The second-order valence-electron chi connectivity index (χ2n) is 3.65. The average molecular weight is 243 g/mol. The zero-order valence-electron chi connectivity index (χ0n) is 8.90. The Balaban J connectivity index is 2.54. The number of aliphatic hydroxyl groups excluding tert-OH is 1. The van der Waals surface area contributed by atoms with E-state index in [-0.39, 0.29) is 6.61 Å². The molecule has 3 nitrogen and oxygen atoms in total. The molecular formula is C12H15ClO3. The van der Waals surface area contributed by atoms with Crippen LogP contribution in [-0.2, 0) is 17.6 Å². The van der Waals surface area contributed by atoms with Crippen LogP contribution < -0.4 is 0 Å². The molecule has 0 fully saturated rings. The van der Waals surface area contributed by atoms with E-state index in [1.54, 1.807) is 0 Å². The first-order valence-electron chi connectivity index (χ1n) is 5.19. The maximum atomic E-state index is 10.6. The molecule has 16 heavy (non-hydrogen) atoms. The van der Waals surface area contributed by atoms with Gasteiger partial charge in [0, 0.05) is 6.61 Å². The highest BCUT2D eigenvalue weighted by Gasteiger charge is 2.13. The van der Waals surface area contributed by atoms with Crippen LogP contribution in [0.25, 0.3) is 0 Å². The van der Waals surface area contributed by atoms with Crippen LogP contribution in [0.3, 0.4) is 0 Å². The van der Waals surface area contributed by atoms with Crippen molar-refractivity contribution in [2.45, 2.75) is 24.6 Å². The van der Waals surface area contributed by atoms with E-state index >= 15 is 0 Å². The van der Waals surface area contributed by atoms with E-state index in [0.717, 1.165) is 24.0 Å². The van der Waals surface area contributed by atoms with Crippen LogP contribution in [-0.4, -0.2) is 28.2 Å². The molecule has 1 rings (SSSR count). The standard InChI is InChI=1S/C12H15ClO3/c13-11(12(15)16)8-10-5-3-9(4-6-10)2-1-7-14/h3-6,11,14H,1-2,7-8H2,(H,15,16). The van der Waals surface area contributed by atoms with Gasteiger partial charge in [0.2, 0.25) is 0 Å². The molecule has 0 aliphatic heterocycles. The Morgan fingerprint density at radius 3 is 2.31 bits per heavy atom. The lowest BCUT2D eigenvalue weighted by atomic mass is 10.0. The van der Waals surface area contributed by atoms with Crippen LogP contribution in [0.4, 0.5) is 0 Å². The smallest absolute Gasteiger partial charge is 0.321 e. The predicted octanol–water partition coefficient (Wildman–Crippen LogP) is 1.85. The van der Waals surface area contributed by atoms with E-state index in [0.29, 0.717) is 6.42 Å². The van der Waals surface area contributed by atoms with Gasteiger partial charge in [0.15, 0.2) is 0 Å². The van der Waals surface area contributed by atoms with E-state index < -0.39 is 11.3 Å². The molecule has 0 bridgehead atoms. The third-order valence-corrected chi connectivity index (χ3v) is 2.67. The minimum absolute atomic E-state index is 0.185. The molecule has 0 heterocycles. The molecule has 1 aromatic rings. The molecule has 88 valence electrons. The lowest BCUT2D eigenvalue weighted by Gasteiger charge is -2.05. The van der Waals surface area contributed by atoms with Gasteiger partial charge in [-0.2, -0.15) is 0 Å². The average Bonchev–Trinajstić information content (AvgIpc) is 2.28. The lowest BCUT2D eigenvalue weighted by Crippen LogP contribution is -2.15. The van der Waals surface area contributed by atoms with Gasteiger partial charge >= 0.3 is 5.97 Å². The number of rotatable bonds is 6. The Kier molecular flexibility index (Phi) is 5.29. The molecule has 0 saturated heterocycles. The number of alkyl halides is 1. The first-order chi connectivity index (χ1) is 7.63. The summed E-state index contributed by atoms with van der Waals surface area (Å²) in [6.07, 6.45) is 1.91. The predicted molar refractivity (Wildman–Crippen MR) is 62.8 cm³/mol. The molecule has 0 spiro atoms. The maximum Gasteiger partial charge on any atom is 0.321 e. The Labute approximate surface area is 99.7 Å². The van der Waals surface area contributed by atoms with E-state index in [2.05, 4.69) is 0 Å². The molecule has 0 aromatic heterocycles. The minimum atomic E-state index is -0.994. The molecule has 1 aromatic carbocycles. The first kappa shape index (κ1) is 13.0. The molecule has 0 amide bonds. The normalized spacial score (nSPS) is 12.4. The number of halogens is 1. The maximum absolute atomic E-state index is 10.6. The monoisotopic (exact) mass is 242 g/mol. The molecule has 4 heteroatoms. The third kappa shape index (κ3) is 4.21. The van der Waals surface area contributed by atoms with Crippen molar-refractivity contribution < 1.29 is 15.0 Å². The summed E-state index contributed by atoms with van der Waals surface area (Å²) in [4.78, 5) is 10.6. The highest BCUT2D eigenvalue weighted by molar-refractivity contribution is 6.29. The minimum Gasteiger partial charge on any atom is -0.480 e. The summed E-state index contributed by atoms with van der Waals surface area (Å²) in [5.41, 5.74) is 2.05. The van der Waals surface area contributed by atoms with Crippen molar-refractivity contribution in [2.24, 2.45) is 0 Å². The Morgan fingerprint density at radius 2 is 1.81 bits per heavy atom. The number of carboxylic acid groups (broad SMARTS) is 1. The molecular weight excluding hydrogens is 228 g/mol. The van der Waals surface area contributed by atoms with Gasteiger partial charge in [-0.1, -0.05) is 24.3 Å². The zero-order valence-corrected chi connectivity index (χ0v) is 9.65. The van der Waals surface area contributed by atoms with Gasteiger partial charge in [0.1, 0.15) is 5.38 Å². The molecule has 1 atom stereocenters. The van der Waals surface area contributed by atoms with Gasteiger partial charge < -0.3 is 10.2 Å². The van der Waals surface area contributed by atoms with Crippen molar-refractivity contribution >= 4 is 17.6 Å². The Hall–Kier alpha value is -1.06. The Bertz CT molecular complexity index is 335. The molecule has 0 aliphatic rings. The van der Waals surface area contributed by atoms with Crippen molar-refractivity contribution in [1.29, 1.82) is 0 Å². The molecule has 0 aliphatic carbocycles. The highest BCUT2D eigenvalue weighted by atomic mass is 35.5. The molecule has 2 N–H and O–H groups in total. The highest BCUT2D eigenvalue weighted by Crippen LogP contribution is 2.11. The summed E-state index contributed by atoms with van der Waals surface area (Å²) in [6, 6.07) is 7.64. The van der Waals surface area contributed by atoms with Gasteiger partial charge in [0.25, 0.3) is 0 Å². The van der Waals surface area contributed by atoms with Gasteiger partial charge in [-0.15, -0.1) is 11.6 Å². The fourth-order valence-corrected chi connectivity index (χ4v) is 1.60. The van der Waals surface area contributed by atoms with E-state index in [9.17, 15) is 4.79 Å². The third-order valence-electron chi connectivity index (χ3n) is 2.33. The number of aliphatic hydroxyl groups is 1. The van der Waals surface area contributed by atoms with Crippen LogP contribution >= 0.6 is 11.6 Å². The second kappa shape index (κ2) is 6.51. The largest absolute Gasteiger partial charge is 0.480 e. The fourth-order valence-electron chi connectivity index (χ4n) is 1.42. The van der Waals surface area contributed by atoms with Gasteiger partial charge in [-0.05, 0) is 30.4 Å². The lowest BCUT2D eigenvalue weighted by molar-refractivity contribution is -0.136. The number of carbonyl (C=O) groups is 1. The summed E-state index contributed by atoms with van der Waals surface area (Å²) < 4.78 is 0. The summed E-state index contributed by atoms with van der Waals surface area (Å²) >= 11 is 5.64. The van der Waals surface area contributed by atoms with Crippen molar-refractivity contribution in [3.63, 3.8) is 0 Å². The summed E-state index contributed by atoms with van der Waals surface area (Å²) in [7, 11) is 0.